The topological polar surface area (TPSA) is 110 Å². The van der Waals surface area contributed by atoms with Crippen LogP contribution in [0.15, 0.2) is 63.7 Å². The maximum absolute atomic E-state index is 11.4. The molecule has 0 spiro atoms. The number of carbonyl (C=O) groups is 1. The summed E-state index contributed by atoms with van der Waals surface area (Å²) in [4.78, 5) is 19.8. The summed E-state index contributed by atoms with van der Waals surface area (Å²) >= 11 is 0. The fourth-order valence-electron chi connectivity index (χ4n) is 2.69. The molecule has 2 aromatic heterocycles. The van der Waals surface area contributed by atoms with E-state index in [1.165, 1.54) is 13.4 Å². The lowest BCUT2D eigenvalue weighted by atomic mass is 10.2. The fourth-order valence-corrected chi connectivity index (χ4v) is 2.69. The molecule has 9 heteroatoms. The third kappa shape index (κ3) is 4.00. The molecule has 0 unspecified atom stereocenters. The molecule has 0 bridgehead atoms. The Morgan fingerprint density at radius 3 is 2.60 bits per heavy atom. The summed E-state index contributed by atoms with van der Waals surface area (Å²) in [6.07, 6.45) is 1.23. The highest BCUT2D eigenvalue weighted by Gasteiger charge is 2.15. The van der Waals surface area contributed by atoms with Crippen molar-refractivity contribution in [1.82, 2.24) is 15.1 Å². The summed E-state index contributed by atoms with van der Waals surface area (Å²) in [5.41, 5.74) is 1.57. The molecule has 0 saturated heterocycles. The summed E-state index contributed by atoms with van der Waals surface area (Å²) < 4.78 is 26.1. The standard InChI is InChI=1S/C21H17N3O6/c1-26-17-6-4-3-5-15(17)20-23-19(24-30-20)13-7-9-14(10-8-13)28-12-18-22-16(11-29-18)21(25)27-2/h3-11H,12H2,1-2H3. The van der Waals surface area contributed by atoms with E-state index in [0.717, 1.165) is 11.1 Å². The summed E-state index contributed by atoms with van der Waals surface area (Å²) in [5.74, 6) is 1.75. The molecule has 152 valence electrons. The first-order valence-corrected chi connectivity index (χ1v) is 8.91. The lowest BCUT2D eigenvalue weighted by Crippen LogP contribution is -2.02. The van der Waals surface area contributed by atoms with Crippen molar-refractivity contribution < 1.29 is 27.9 Å². The maximum Gasteiger partial charge on any atom is 0.360 e. The molecule has 0 atom stereocenters. The molecule has 4 rings (SSSR count). The van der Waals surface area contributed by atoms with Crippen molar-refractivity contribution in [2.75, 3.05) is 14.2 Å². The van der Waals surface area contributed by atoms with E-state index in [1.807, 2.05) is 36.4 Å². The van der Waals surface area contributed by atoms with E-state index in [0.29, 0.717) is 23.2 Å². The second-order valence-corrected chi connectivity index (χ2v) is 6.05. The maximum atomic E-state index is 11.4. The van der Waals surface area contributed by atoms with E-state index in [4.69, 9.17) is 18.4 Å². The van der Waals surface area contributed by atoms with Crippen LogP contribution in [0.4, 0.5) is 0 Å². The first-order chi connectivity index (χ1) is 14.7. The van der Waals surface area contributed by atoms with Gasteiger partial charge in [-0.2, -0.15) is 4.98 Å². The molecule has 0 aliphatic rings. The van der Waals surface area contributed by atoms with Crippen molar-refractivity contribution in [2.45, 2.75) is 6.61 Å². The van der Waals surface area contributed by atoms with E-state index in [2.05, 4.69) is 19.9 Å². The van der Waals surface area contributed by atoms with Gasteiger partial charge in [-0.3, -0.25) is 0 Å². The number of benzene rings is 2. The zero-order valence-corrected chi connectivity index (χ0v) is 16.2. The fraction of sp³-hybridized carbons (Fsp3) is 0.143. The van der Waals surface area contributed by atoms with E-state index in [1.54, 1.807) is 19.2 Å². The van der Waals surface area contributed by atoms with Crippen LogP contribution in [-0.2, 0) is 11.3 Å². The minimum absolute atomic E-state index is 0.0660. The number of nitrogens with zero attached hydrogens (tertiary/aromatic N) is 3. The Labute approximate surface area is 171 Å². The molecule has 0 amide bonds. The Morgan fingerprint density at radius 2 is 1.83 bits per heavy atom. The average molecular weight is 407 g/mol. The van der Waals surface area contributed by atoms with Gasteiger partial charge in [0.25, 0.3) is 5.89 Å². The van der Waals surface area contributed by atoms with Crippen LogP contribution < -0.4 is 9.47 Å². The lowest BCUT2D eigenvalue weighted by Gasteiger charge is -2.04. The second kappa shape index (κ2) is 8.48. The van der Waals surface area contributed by atoms with Gasteiger partial charge in [0, 0.05) is 5.56 Å². The van der Waals surface area contributed by atoms with Gasteiger partial charge in [0.1, 0.15) is 17.8 Å². The molecule has 4 aromatic rings. The molecule has 2 aromatic carbocycles. The van der Waals surface area contributed by atoms with Gasteiger partial charge in [-0.25, -0.2) is 9.78 Å². The van der Waals surface area contributed by atoms with E-state index < -0.39 is 5.97 Å². The molecule has 30 heavy (non-hydrogen) atoms. The first kappa shape index (κ1) is 19.2. The number of hydrogen-bond acceptors (Lipinski definition) is 9. The number of carbonyl (C=O) groups excluding carboxylic acids is 1. The zero-order chi connectivity index (χ0) is 20.9. The number of aromatic nitrogens is 3. The Balaban J connectivity index is 1.43. The Kier molecular flexibility index (Phi) is 5.42. The van der Waals surface area contributed by atoms with Crippen molar-refractivity contribution in [1.29, 1.82) is 0 Å². The highest BCUT2D eigenvalue weighted by atomic mass is 16.5. The first-order valence-electron chi connectivity index (χ1n) is 8.91. The summed E-state index contributed by atoms with van der Waals surface area (Å²) in [5, 5.41) is 4.04. The Morgan fingerprint density at radius 1 is 1.03 bits per heavy atom. The number of para-hydroxylation sites is 1. The Hall–Kier alpha value is -4.14. The number of rotatable bonds is 7. The van der Waals surface area contributed by atoms with Crippen LogP contribution in [0.5, 0.6) is 11.5 Å². The van der Waals surface area contributed by atoms with Crippen LogP contribution in [-0.4, -0.2) is 35.3 Å². The van der Waals surface area contributed by atoms with Crippen molar-refractivity contribution in [3.63, 3.8) is 0 Å². The van der Waals surface area contributed by atoms with Crippen LogP contribution >= 0.6 is 0 Å². The van der Waals surface area contributed by atoms with Gasteiger partial charge in [0.15, 0.2) is 12.3 Å². The molecule has 0 aliphatic heterocycles. The van der Waals surface area contributed by atoms with E-state index in [9.17, 15) is 4.79 Å². The van der Waals surface area contributed by atoms with Gasteiger partial charge >= 0.3 is 5.97 Å². The zero-order valence-electron chi connectivity index (χ0n) is 16.2. The van der Waals surface area contributed by atoms with Crippen LogP contribution in [0.2, 0.25) is 0 Å². The third-order valence-corrected chi connectivity index (χ3v) is 4.18. The number of ether oxygens (including phenoxy) is 3. The van der Waals surface area contributed by atoms with Crippen LogP contribution in [0.25, 0.3) is 22.8 Å². The molecule has 2 heterocycles. The normalized spacial score (nSPS) is 10.6. The lowest BCUT2D eigenvalue weighted by molar-refractivity contribution is 0.0594. The van der Waals surface area contributed by atoms with Gasteiger partial charge in [-0.1, -0.05) is 17.3 Å². The van der Waals surface area contributed by atoms with Gasteiger partial charge in [-0.15, -0.1) is 0 Å². The molecule has 0 radical (unpaired) electrons. The van der Waals surface area contributed by atoms with Gasteiger partial charge < -0.3 is 23.2 Å². The minimum Gasteiger partial charge on any atom is -0.496 e. The third-order valence-electron chi connectivity index (χ3n) is 4.18. The largest absolute Gasteiger partial charge is 0.496 e. The average Bonchev–Trinajstić information content (AvgIpc) is 3.47. The number of esters is 1. The van der Waals surface area contributed by atoms with Gasteiger partial charge in [0.05, 0.1) is 19.8 Å². The van der Waals surface area contributed by atoms with Crippen molar-refractivity contribution in [3.05, 3.63) is 66.4 Å². The van der Waals surface area contributed by atoms with Crippen molar-refractivity contribution in [2.24, 2.45) is 0 Å². The summed E-state index contributed by atoms with van der Waals surface area (Å²) in [7, 11) is 2.86. The molecule has 0 N–H and O–H groups in total. The van der Waals surface area contributed by atoms with Crippen LogP contribution in [0.1, 0.15) is 16.4 Å². The summed E-state index contributed by atoms with van der Waals surface area (Å²) in [6.45, 7) is 0.0660. The molecule has 0 saturated carbocycles. The van der Waals surface area contributed by atoms with E-state index in [-0.39, 0.29) is 18.2 Å². The molecular weight excluding hydrogens is 390 g/mol. The van der Waals surface area contributed by atoms with Crippen LogP contribution in [0, 0.1) is 0 Å². The monoisotopic (exact) mass is 407 g/mol. The molecule has 0 fully saturated rings. The predicted octanol–water partition coefficient (Wildman–Crippen LogP) is 3.77. The highest BCUT2D eigenvalue weighted by molar-refractivity contribution is 5.86. The predicted molar refractivity (Wildman–Crippen MR) is 104 cm³/mol. The number of hydrogen-bond donors (Lipinski definition) is 0. The van der Waals surface area contributed by atoms with Crippen LogP contribution in [0.3, 0.4) is 0 Å². The second-order valence-electron chi connectivity index (χ2n) is 6.05. The molecule has 0 aliphatic carbocycles. The van der Waals surface area contributed by atoms with E-state index >= 15 is 0 Å². The molecular formula is C21H17N3O6. The Bertz CT molecular complexity index is 1150. The minimum atomic E-state index is -0.568. The van der Waals surface area contributed by atoms with Crippen molar-refractivity contribution >= 4 is 5.97 Å². The van der Waals surface area contributed by atoms with Crippen molar-refractivity contribution in [3.8, 4) is 34.3 Å². The highest BCUT2D eigenvalue weighted by Crippen LogP contribution is 2.30. The summed E-state index contributed by atoms with van der Waals surface area (Å²) in [6, 6.07) is 14.6. The quantitative estimate of drug-likeness (QED) is 0.423. The SMILES string of the molecule is COC(=O)c1coc(COc2ccc(-c3noc(-c4ccccc4OC)n3)cc2)n1. The van der Waals surface area contributed by atoms with Gasteiger partial charge in [-0.05, 0) is 36.4 Å². The number of oxazole rings is 1. The number of methoxy groups -OCH3 is 2. The smallest absolute Gasteiger partial charge is 0.360 e. The van der Waals surface area contributed by atoms with Gasteiger partial charge in [0.2, 0.25) is 11.7 Å². The molecule has 9 nitrogen and oxygen atoms in total.